The fraction of sp³-hybridized carbons (Fsp3) is 0.0714. The quantitative estimate of drug-likeness (QED) is 0.810. The number of rotatable bonds is 3. The van der Waals surface area contributed by atoms with Crippen molar-refractivity contribution in [3.63, 3.8) is 0 Å². The molecular weight excluding hydrogens is 333 g/mol. The van der Waals surface area contributed by atoms with Crippen LogP contribution in [-0.4, -0.2) is 5.91 Å². The predicted molar refractivity (Wildman–Crippen MR) is 78.4 cm³/mol. The van der Waals surface area contributed by atoms with Gasteiger partial charge in [-0.3, -0.25) is 4.79 Å². The Morgan fingerprint density at radius 2 is 2.05 bits per heavy atom. The van der Waals surface area contributed by atoms with Crippen molar-refractivity contribution in [2.75, 3.05) is 5.32 Å². The van der Waals surface area contributed by atoms with Gasteiger partial charge in [0.05, 0.1) is 5.02 Å². The largest absolute Gasteiger partial charge is 0.322 e. The fourth-order valence-electron chi connectivity index (χ4n) is 1.57. The highest BCUT2D eigenvalue weighted by Crippen LogP contribution is 2.18. The number of hydrogen-bond acceptors (Lipinski definition) is 1. The smallest absolute Gasteiger partial charge is 0.255 e. The Balaban J connectivity index is 2.18. The van der Waals surface area contributed by atoms with Crippen LogP contribution in [0.2, 0.25) is 5.02 Å². The van der Waals surface area contributed by atoms with Gasteiger partial charge in [0.15, 0.2) is 0 Å². The summed E-state index contributed by atoms with van der Waals surface area (Å²) in [6.45, 7) is 0. The van der Waals surface area contributed by atoms with E-state index in [1.54, 1.807) is 6.07 Å². The maximum absolute atomic E-state index is 13.3. The maximum Gasteiger partial charge on any atom is 0.255 e. The highest BCUT2D eigenvalue weighted by atomic mass is 79.9. The van der Waals surface area contributed by atoms with Crippen molar-refractivity contribution in [2.24, 2.45) is 0 Å². The van der Waals surface area contributed by atoms with Crippen molar-refractivity contribution in [1.29, 1.82) is 0 Å². The standard InChI is InChI=1S/C14H10BrClFNO/c15-8-9-2-1-3-11(6-9)18-14(19)10-4-5-12(16)13(17)7-10/h1-7H,8H2,(H,18,19). The first kappa shape index (κ1) is 14.0. The van der Waals surface area contributed by atoms with Crippen LogP contribution < -0.4 is 5.32 Å². The van der Waals surface area contributed by atoms with E-state index in [1.807, 2.05) is 18.2 Å². The molecule has 0 aliphatic rings. The Kier molecular flexibility index (Phi) is 4.56. The lowest BCUT2D eigenvalue weighted by Crippen LogP contribution is -2.12. The summed E-state index contributed by atoms with van der Waals surface area (Å²) in [5, 5.41) is 3.41. The number of alkyl halides is 1. The second-order valence-electron chi connectivity index (χ2n) is 3.92. The average molecular weight is 343 g/mol. The van der Waals surface area contributed by atoms with Crippen LogP contribution in [0.4, 0.5) is 10.1 Å². The van der Waals surface area contributed by atoms with Crippen LogP contribution in [0.15, 0.2) is 42.5 Å². The molecule has 0 aliphatic heterocycles. The van der Waals surface area contributed by atoms with E-state index in [1.165, 1.54) is 12.1 Å². The van der Waals surface area contributed by atoms with Gasteiger partial charge in [-0.2, -0.15) is 0 Å². The highest BCUT2D eigenvalue weighted by molar-refractivity contribution is 9.08. The first-order chi connectivity index (χ1) is 9.10. The summed E-state index contributed by atoms with van der Waals surface area (Å²) in [7, 11) is 0. The molecule has 1 amide bonds. The van der Waals surface area contributed by atoms with E-state index in [9.17, 15) is 9.18 Å². The molecule has 0 spiro atoms. The van der Waals surface area contributed by atoms with Gasteiger partial charge in [-0.15, -0.1) is 0 Å². The molecule has 0 heterocycles. The third-order valence-electron chi connectivity index (χ3n) is 2.52. The van der Waals surface area contributed by atoms with Crippen molar-refractivity contribution in [3.05, 3.63) is 64.4 Å². The summed E-state index contributed by atoms with van der Waals surface area (Å²) in [5.41, 5.74) is 1.93. The molecule has 2 rings (SSSR count). The van der Waals surface area contributed by atoms with Crippen LogP contribution in [0.25, 0.3) is 0 Å². The Labute approximate surface area is 123 Å². The summed E-state index contributed by atoms with van der Waals surface area (Å²) in [6.07, 6.45) is 0. The number of amides is 1. The summed E-state index contributed by atoms with van der Waals surface area (Å²) < 4.78 is 13.3. The molecule has 0 radical (unpaired) electrons. The minimum Gasteiger partial charge on any atom is -0.322 e. The van der Waals surface area contributed by atoms with Gasteiger partial charge in [0.1, 0.15) is 5.82 Å². The molecule has 0 aliphatic carbocycles. The monoisotopic (exact) mass is 341 g/mol. The molecule has 2 nitrogen and oxygen atoms in total. The van der Waals surface area contributed by atoms with Crippen LogP contribution in [-0.2, 0) is 5.33 Å². The number of anilines is 1. The third kappa shape index (κ3) is 3.55. The van der Waals surface area contributed by atoms with Crippen LogP contribution in [0.1, 0.15) is 15.9 Å². The van der Waals surface area contributed by atoms with Gasteiger partial charge in [0, 0.05) is 16.6 Å². The van der Waals surface area contributed by atoms with Gasteiger partial charge in [-0.05, 0) is 35.9 Å². The molecule has 0 bridgehead atoms. The summed E-state index contributed by atoms with van der Waals surface area (Å²) in [6, 6.07) is 11.4. The number of halogens is 3. The molecule has 1 N–H and O–H groups in total. The molecule has 0 atom stereocenters. The van der Waals surface area contributed by atoms with Crippen molar-refractivity contribution in [2.45, 2.75) is 5.33 Å². The normalized spacial score (nSPS) is 10.3. The van der Waals surface area contributed by atoms with Gasteiger partial charge in [-0.1, -0.05) is 39.7 Å². The molecule has 5 heteroatoms. The lowest BCUT2D eigenvalue weighted by molar-refractivity contribution is 0.102. The molecule has 0 fully saturated rings. The number of benzene rings is 2. The summed E-state index contributed by atoms with van der Waals surface area (Å²) in [5.74, 6) is -0.981. The van der Waals surface area contributed by atoms with Gasteiger partial charge in [0.2, 0.25) is 0 Å². The Morgan fingerprint density at radius 3 is 2.74 bits per heavy atom. The van der Waals surface area contributed by atoms with E-state index in [0.717, 1.165) is 11.6 Å². The second-order valence-corrected chi connectivity index (χ2v) is 4.88. The molecule has 0 saturated heterocycles. The van der Waals surface area contributed by atoms with E-state index < -0.39 is 5.82 Å². The van der Waals surface area contributed by atoms with Gasteiger partial charge in [0.25, 0.3) is 5.91 Å². The first-order valence-corrected chi connectivity index (χ1v) is 7.01. The molecule has 0 unspecified atom stereocenters. The number of carbonyl (C=O) groups excluding carboxylic acids is 1. The zero-order valence-corrected chi connectivity index (χ0v) is 12.1. The van der Waals surface area contributed by atoms with E-state index in [0.29, 0.717) is 11.0 Å². The van der Waals surface area contributed by atoms with Crippen LogP contribution in [0.5, 0.6) is 0 Å². The summed E-state index contributed by atoms with van der Waals surface area (Å²) in [4.78, 5) is 11.9. The lowest BCUT2D eigenvalue weighted by atomic mass is 10.2. The van der Waals surface area contributed by atoms with E-state index >= 15 is 0 Å². The van der Waals surface area contributed by atoms with Gasteiger partial charge < -0.3 is 5.32 Å². The van der Waals surface area contributed by atoms with Crippen molar-refractivity contribution in [3.8, 4) is 0 Å². The second kappa shape index (κ2) is 6.17. The Hall–Kier alpha value is -1.39. The van der Waals surface area contributed by atoms with Crippen molar-refractivity contribution in [1.82, 2.24) is 0 Å². The zero-order chi connectivity index (χ0) is 13.8. The molecule has 98 valence electrons. The SMILES string of the molecule is O=C(Nc1cccc(CBr)c1)c1ccc(Cl)c(F)c1. The number of hydrogen-bond donors (Lipinski definition) is 1. The molecule has 2 aromatic rings. The van der Waals surface area contributed by atoms with E-state index in [-0.39, 0.29) is 16.5 Å². The van der Waals surface area contributed by atoms with E-state index in [4.69, 9.17) is 11.6 Å². The number of carbonyl (C=O) groups is 1. The average Bonchev–Trinajstić information content (AvgIpc) is 2.42. The minimum atomic E-state index is -0.608. The Morgan fingerprint density at radius 1 is 1.26 bits per heavy atom. The molecular formula is C14H10BrClFNO. The molecule has 19 heavy (non-hydrogen) atoms. The predicted octanol–water partition coefficient (Wildman–Crippen LogP) is 4.63. The summed E-state index contributed by atoms with van der Waals surface area (Å²) >= 11 is 8.92. The topological polar surface area (TPSA) is 29.1 Å². The first-order valence-electron chi connectivity index (χ1n) is 5.51. The molecule has 2 aromatic carbocycles. The highest BCUT2D eigenvalue weighted by Gasteiger charge is 2.09. The van der Waals surface area contributed by atoms with Crippen molar-refractivity contribution >= 4 is 39.1 Å². The minimum absolute atomic E-state index is 0.00200. The maximum atomic E-state index is 13.3. The van der Waals surface area contributed by atoms with Crippen LogP contribution in [0.3, 0.4) is 0 Å². The van der Waals surface area contributed by atoms with Crippen LogP contribution >= 0.6 is 27.5 Å². The fourth-order valence-corrected chi connectivity index (χ4v) is 2.04. The Bertz CT molecular complexity index is 618. The third-order valence-corrected chi connectivity index (χ3v) is 3.47. The van der Waals surface area contributed by atoms with Gasteiger partial charge >= 0.3 is 0 Å². The lowest BCUT2D eigenvalue weighted by Gasteiger charge is -2.07. The molecule has 0 aromatic heterocycles. The zero-order valence-electron chi connectivity index (χ0n) is 9.79. The van der Waals surface area contributed by atoms with E-state index in [2.05, 4.69) is 21.2 Å². The van der Waals surface area contributed by atoms with Crippen molar-refractivity contribution < 1.29 is 9.18 Å². The van der Waals surface area contributed by atoms with Crippen LogP contribution in [0, 0.1) is 5.82 Å². The van der Waals surface area contributed by atoms with Gasteiger partial charge in [-0.25, -0.2) is 4.39 Å². The molecule has 0 saturated carbocycles. The number of nitrogens with one attached hydrogen (secondary N) is 1.